The second kappa shape index (κ2) is 9.09. The number of benzene rings is 2. The molecule has 2 aliphatic heterocycles. The standard InChI is InChI=1S/C25H26N4O5/c1-4-5-11-29-15(2)21(22(26-25(29)30)16-7-6-8-18(12-16)31-3)24-27-23(28-34-24)17-9-10-19-20(13-17)33-14-32-19/h6-10,12-13,22H,4-5,11,14H2,1-3H3,(H,26,30). The summed E-state index contributed by atoms with van der Waals surface area (Å²) in [6, 6.07) is 12.5. The van der Waals surface area contributed by atoms with Gasteiger partial charge in [0, 0.05) is 17.8 Å². The van der Waals surface area contributed by atoms with Gasteiger partial charge in [0.15, 0.2) is 11.5 Å². The monoisotopic (exact) mass is 462 g/mol. The van der Waals surface area contributed by atoms with Crippen LogP contribution in [0, 0.1) is 0 Å². The summed E-state index contributed by atoms with van der Waals surface area (Å²) in [6.07, 6.45) is 1.86. The lowest BCUT2D eigenvalue weighted by molar-refractivity contribution is 0.174. The molecule has 0 saturated heterocycles. The van der Waals surface area contributed by atoms with Crippen LogP contribution in [0.5, 0.6) is 17.2 Å². The molecule has 0 saturated carbocycles. The number of aromatic nitrogens is 2. The van der Waals surface area contributed by atoms with Gasteiger partial charge in [0.2, 0.25) is 12.6 Å². The van der Waals surface area contributed by atoms with Gasteiger partial charge in [-0.1, -0.05) is 30.6 Å². The molecule has 1 aromatic heterocycles. The molecule has 2 amide bonds. The van der Waals surface area contributed by atoms with E-state index in [4.69, 9.17) is 23.7 Å². The highest BCUT2D eigenvalue weighted by Gasteiger charge is 2.35. The van der Waals surface area contributed by atoms with Gasteiger partial charge in [-0.3, -0.25) is 4.90 Å². The molecule has 2 aliphatic rings. The Bertz CT molecular complexity index is 1250. The molecule has 0 bridgehead atoms. The maximum absolute atomic E-state index is 13.0. The third kappa shape index (κ3) is 3.93. The van der Waals surface area contributed by atoms with E-state index in [0.29, 0.717) is 35.5 Å². The summed E-state index contributed by atoms with van der Waals surface area (Å²) in [7, 11) is 1.61. The smallest absolute Gasteiger partial charge is 0.322 e. The summed E-state index contributed by atoms with van der Waals surface area (Å²) in [5, 5.41) is 7.33. The van der Waals surface area contributed by atoms with Crippen LogP contribution in [0.15, 0.2) is 52.7 Å². The molecule has 34 heavy (non-hydrogen) atoms. The van der Waals surface area contributed by atoms with Crippen LogP contribution in [-0.2, 0) is 0 Å². The number of carbonyl (C=O) groups excluding carboxylic acids is 1. The van der Waals surface area contributed by atoms with Crippen molar-refractivity contribution in [2.24, 2.45) is 0 Å². The van der Waals surface area contributed by atoms with Crippen molar-refractivity contribution in [2.45, 2.75) is 32.7 Å². The number of nitrogens with zero attached hydrogens (tertiary/aromatic N) is 3. The van der Waals surface area contributed by atoms with Crippen LogP contribution >= 0.6 is 0 Å². The topological polar surface area (TPSA) is 99.0 Å². The number of fused-ring (bicyclic) bond motifs is 1. The van der Waals surface area contributed by atoms with Gasteiger partial charge in [-0.2, -0.15) is 4.98 Å². The molecule has 1 N–H and O–H groups in total. The maximum atomic E-state index is 13.0. The lowest BCUT2D eigenvalue weighted by Crippen LogP contribution is -2.46. The predicted molar refractivity (Wildman–Crippen MR) is 124 cm³/mol. The van der Waals surface area contributed by atoms with Crippen LogP contribution in [-0.4, -0.2) is 41.5 Å². The molecule has 9 nitrogen and oxygen atoms in total. The van der Waals surface area contributed by atoms with Crippen LogP contribution in [0.25, 0.3) is 17.0 Å². The zero-order valence-corrected chi connectivity index (χ0v) is 19.3. The molecular weight excluding hydrogens is 436 g/mol. The number of allylic oxidation sites excluding steroid dienone is 1. The van der Waals surface area contributed by atoms with Gasteiger partial charge in [0.1, 0.15) is 5.75 Å². The highest BCUT2D eigenvalue weighted by Crippen LogP contribution is 2.39. The van der Waals surface area contributed by atoms with Crippen molar-refractivity contribution in [1.82, 2.24) is 20.4 Å². The summed E-state index contributed by atoms with van der Waals surface area (Å²) in [6.45, 7) is 4.81. The van der Waals surface area contributed by atoms with Gasteiger partial charge in [0.05, 0.1) is 18.7 Å². The van der Waals surface area contributed by atoms with Crippen molar-refractivity contribution < 1.29 is 23.5 Å². The molecule has 0 spiro atoms. The number of methoxy groups -OCH3 is 1. The van der Waals surface area contributed by atoms with E-state index in [2.05, 4.69) is 17.4 Å². The number of rotatable bonds is 7. The molecule has 0 radical (unpaired) electrons. The Morgan fingerprint density at radius 1 is 1.18 bits per heavy atom. The lowest BCUT2D eigenvalue weighted by atomic mass is 9.94. The molecular formula is C25H26N4O5. The van der Waals surface area contributed by atoms with Crippen molar-refractivity contribution >= 4 is 11.6 Å². The fourth-order valence-electron chi connectivity index (χ4n) is 4.20. The molecule has 176 valence electrons. The first-order chi connectivity index (χ1) is 16.6. The first-order valence-corrected chi connectivity index (χ1v) is 11.3. The van der Waals surface area contributed by atoms with Gasteiger partial charge in [-0.15, -0.1) is 0 Å². The van der Waals surface area contributed by atoms with Crippen LogP contribution in [0.1, 0.15) is 44.2 Å². The van der Waals surface area contributed by atoms with E-state index in [0.717, 1.165) is 35.2 Å². The second-order valence-corrected chi connectivity index (χ2v) is 8.15. The molecule has 1 unspecified atom stereocenters. The van der Waals surface area contributed by atoms with E-state index < -0.39 is 6.04 Å². The SMILES string of the molecule is CCCCN1C(=O)NC(c2cccc(OC)c2)C(c2nc(-c3ccc4c(c3)OCO4)no2)=C1C. The summed E-state index contributed by atoms with van der Waals surface area (Å²) < 4.78 is 22.0. The minimum atomic E-state index is -0.467. The Labute approximate surface area is 197 Å². The molecule has 0 fully saturated rings. The van der Waals surface area contributed by atoms with E-state index in [9.17, 15) is 4.79 Å². The number of amides is 2. The van der Waals surface area contributed by atoms with Gasteiger partial charge >= 0.3 is 6.03 Å². The first-order valence-electron chi connectivity index (χ1n) is 11.3. The zero-order chi connectivity index (χ0) is 23.7. The minimum absolute atomic E-state index is 0.155. The Morgan fingerprint density at radius 3 is 2.85 bits per heavy atom. The number of hydrogen-bond acceptors (Lipinski definition) is 7. The molecule has 9 heteroatoms. The number of nitrogens with one attached hydrogen (secondary N) is 1. The third-order valence-electron chi connectivity index (χ3n) is 6.05. The van der Waals surface area contributed by atoms with Crippen molar-refractivity contribution in [3.05, 3.63) is 59.6 Å². The van der Waals surface area contributed by atoms with Crippen LogP contribution in [0.3, 0.4) is 0 Å². The van der Waals surface area contributed by atoms with Crippen molar-refractivity contribution in [3.8, 4) is 28.6 Å². The molecule has 0 aliphatic carbocycles. The maximum Gasteiger partial charge on any atom is 0.322 e. The normalized spacial score (nSPS) is 17.2. The van der Waals surface area contributed by atoms with Crippen molar-refractivity contribution in [2.75, 3.05) is 20.4 Å². The van der Waals surface area contributed by atoms with Gasteiger partial charge < -0.3 is 24.1 Å². The quantitative estimate of drug-likeness (QED) is 0.540. The molecule has 1 atom stereocenters. The minimum Gasteiger partial charge on any atom is -0.497 e. The molecule has 2 aromatic carbocycles. The second-order valence-electron chi connectivity index (χ2n) is 8.15. The fourth-order valence-corrected chi connectivity index (χ4v) is 4.20. The highest BCUT2D eigenvalue weighted by atomic mass is 16.7. The van der Waals surface area contributed by atoms with Gasteiger partial charge in [-0.05, 0) is 49.2 Å². The summed E-state index contributed by atoms with van der Waals surface area (Å²) in [5.41, 5.74) is 3.15. The van der Waals surface area contributed by atoms with Crippen LogP contribution in [0.2, 0.25) is 0 Å². The Hall–Kier alpha value is -4.01. The average molecular weight is 463 g/mol. The number of hydrogen-bond donors (Lipinski definition) is 1. The molecule has 5 rings (SSSR count). The van der Waals surface area contributed by atoms with Gasteiger partial charge in [-0.25, -0.2) is 4.79 Å². The van der Waals surface area contributed by atoms with Crippen LogP contribution < -0.4 is 19.5 Å². The largest absolute Gasteiger partial charge is 0.497 e. The van der Waals surface area contributed by atoms with E-state index in [1.165, 1.54) is 0 Å². The summed E-state index contributed by atoms with van der Waals surface area (Å²) >= 11 is 0. The number of ether oxygens (including phenoxy) is 3. The fraction of sp³-hybridized carbons (Fsp3) is 0.320. The lowest BCUT2D eigenvalue weighted by Gasteiger charge is -2.35. The number of urea groups is 1. The summed E-state index contributed by atoms with van der Waals surface area (Å²) in [4.78, 5) is 19.5. The van der Waals surface area contributed by atoms with Gasteiger partial charge in [0.25, 0.3) is 5.89 Å². The van der Waals surface area contributed by atoms with E-state index in [-0.39, 0.29) is 12.8 Å². The Kier molecular flexibility index (Phi) is 5.83. The van der Waals surface area contributed by atoms with Crippen molar-refractivity contribution in [1.29, 1.82) is 0 Å². The van der Waals surface area contributed by atoms with E-state index in [1.807, 2.05) is 49.4 Å². The number of unbranched alkanes of at least 4 members (excludes halogenated alkanes) is 1. The third-order valence-corrected chi connectivity index (χ3v) is 6.05. The molecule has 3 heterocycles. The predicted octanol–water partition coefficient (Wildman–Crippen LogP) is 4.77. The average Bonchev–Trinajstić information content (AvgIpc) is 3.53. The number of carbonyl (C=O) groups is 1. The zero-order valence-electron chi connectivity index (χ0n) is 19.3. The molecule has 3 aromatic rings. The van der Waals surface area contributed by atoms with E-state index >= 15 is 0 Å². The highest BCUT2D eigenvalue weighted by molar-refractivity contribution is 5.87. The van der Waals surface area contributed by atoms with E-state index in [1.54, 1.807) is 12.0 Å². The Balaban J connectivity index is 1.57. The van der Waals surface area contributed by atoms with Crippen LogP contribution in [0.4, 0.5) is 4.79 Å². The Morgan fingerprint density at radius 2 is 2.03 bits per heavy atom. The first kappa shape index (κ1) is 21.8. The summed E-state index contributed by atoms with van der Waals surface area (Å²) in [5.74, 6) is 2.80. The van der Waals surface area contributed by atoms with Crippen molar-refractivity contribution in [3.63, 3.8) is 0 Å².